The van der Waals surface area contributed by atoms with E-state index in [4.69, 9.17) is 14.7 Å². The monoisotopic (exact) mass is 355 g/mol. The molecule has 0 aromatic rings. The molecule has 0 aromatic heterocycles. The SMILES string of the molecule is C=C1C[C@]23C[C@H]1CC[C@H]2[C@@]12CCC[C@@](C)(C(=O)O1)[C@H]2[C@@H]3C(=O)OCC#N. The van der Waals surface area contributed by atoms with Gasteiger partial charge < -0.3 is 9.47 Å². The molecule has 5 aliphatic rings. The Balaban J connectivity index is 1.68. The minimum absolute atomic E-state index is 0.128. The van der Waals surface area contributed by atoms with Crippen molar-refractivity contribution in [2.24, 2.45) is 34.5 Å². The highest BCUT2D eigenvalue weighted by Gasteiger charge is 2.81. The first-order chi connectivity index (χ1) is 12.4. The Morgan fingerprint density at radius 3 is 3.00 bits per heavy atom. The number of carbonyl (C=O) groups is 2. The Morgan fingerprint density at radius 1 is 1.42 bits per heavy atom. The number of hydrogen-bond donors (Lipinski definition) is 0. The maximum atomic E-state index is 13.2. The van der Waals surface area contributed by atoms with Gasteiger partial charge in [0.25, 0.3) is 0 Å². The molecule has 4 saturated carbocycles. The van der Waals surface area contributed by atoms with E-state index in [0.29, 0.717) is 5.92 Å². The fraction of sp³-hybridized carbons (Fsp3) is 0.762. The molecule has 5 rings (SSSR count). The molecule has 0 unspecified atom stereocenters. The Bertz CT molecular complexity index is 768. The van der Waals surface area contributed by atoms with Gasteiger partial charge in [-0.15, -0.1) is 0 Å². The second-order valence-electron chi connectivity index (χ2n) is 9.44. The summed E-state index contributed by atoms with van der Waals surface area (Å²) < 4.78 is 11.6. The third kappa shape index (κ3) is 1.63. The fourth-order valence-electron chi connectivity index (χ4n) is 7.88. The molecule has 1 heterocycles. The van der Waals surface area contributed by atoms with Crippen LogP contribution in [0.25, 0.3) is 0 Å². The molecule has 4 bridgehead atoms. The number of esters is 2. The molecular formula is C21H25NO4. The first-order valence-electron chi connectivity index (χ1n) is 9.84. The van der Waals surface area contributed by atoms with Gasteiger partial charge in [0.15, 0.2) is 6.61 Å². The molecule has 5 fully saturated rings. The van der Waals surface area contributed by atoms with E-state index in [1.807, 2.05) is 13.0 Å². The highest BCUT2D eigenvalue weighted by atomic mass is 16.6. The van der Waals surface area contributed by atoms with Crippen molar-refractivity contribution in [2.75, 3.05) is 6.61 Å². The normalized spacial score (nSPS) is 50.6. The van der Waals surface area contributed by atoms with Crippen LogP contribution in [0.4, 0.5) is 0 Å². The van der Waals surface area contributed by atoms with Gasteiger partial charge in [0.05, 0.1) is 11.3 Å². The number of hydrogen-bond acceptors (Lipinski definition) is 5. The zero-order valence-electron chi connectivity index (χ0n) is 15.3. The Morgan fingerprint density at radius 2 is 2.23 bits per heavy atom. The van der Waals surface area contributed by atoms with E-state index < -0.39 is 11.0 Å². The Kier molecular flexibility index (Phi) is 3.09. The first kappa shape index (κ1) is 16.4. The van der Waals surface area contributed by atoms with E-state index >= 15 is 0 Å². The number of nitrogens with zero attached hydrogens (tertiary/aromatic N) is 1. The average Bonchev–Trinajstić information content (AvgIpc) is 3.04. The third-order valence-electron chi connectivity index (χ3n) is 8.56. The van der Waals surface area contributed by atoms with Gasteiger partial charge in [-0.05, 0) is 63.2 Å². The van der Waals surface area contributed by atoms with Crippen molar-refractivity contribution in [1.29, 1.82) is 5.26 Å². The van der Waals surface area contributed by atoms with Crippen molar-refractivity contribution in [3.63, 3.8) is 0 Å². The van der Waals surface area contributed by atoms with Gasteiger partial charge in [-0.25, -0.2) is 0 Å². The molecular weight excluding hydrogens is 330 g/mol. The summed E-state index contributed by atoms with van der Waals surface area (Å²) in [6.07, 6.45) is 6.45. The molecule has 138 valence electrons. The lowest BCUT2D eigenvalue weighted by molar-refractivity contribution is -0.161. The van der Waals surface area contributed by atoms with E-state index in [0.717, 1.165) is 44.9 Å². The fourth-order valence-corrected chi connectivity index (χ4v) is 7.88. The average molecular weight is 355 g/mol. The number of carbonyl (C=O) groups excluding carboxylic acids is 2. The second-order valence-corrected chi connectivity index (χ2v) is 9.44. The van der Waals surface area contributed by atoms with E-state index in [1.165, 1.54) is 5.57 Å². The Labute approximate surface area is 153 Å². The van der Waals surface area contributed by atoms with Crippen LogP contribution >= 0.6 is 0 Å². The molecule has 5 heteroatoms. The summed E-state index contributed by atoms with van der Waals surface area (Å²) in [6.45, 7) is 6.06. The lowest BCUT2D eigenvalue weighted by atomic mass is 9.60. The molecule has 0 amide bonds. The lowest BCUT2D eigenvalue weighted by Crippen LogP contribution is -2.47. The van der Waals surface area contributed by atoms with Crippen LogP contribution in [0.3, 0.4) is 0 Å². The molecule has 1 spiro atoms. The molecule has 1 aliphatic heterocycles. The summed E-state index contributed by atoms with van der Waals surface area (Å²) in [4.78, 5) is 26.1. The predicted octanol–water partition coefficient (Wildman–Crippen LogP) is 3.15. The van der Waals surface area contributed by atoms with Crippen LogP contribution in [-0.4, -0.2) is 24.1 Å². The maximum absolute atomic E-state index is 13.2. The first-order valence-corrected chi connectivity index (χ1v) is 9.84. The minimum Gasteiger partial charge on any atom is -0.458 e. The molecule has 7 atom stereocenters. The van der Waals surface area contributed by atoms with Crippen LogP contribution in [-0.2, 0) is 19.1 Å². The summed E-state index contributed by atoms with van der Waals surface area (Å²) in [6, 6.07) is 1.91. The van der Waals surface area contributed by atoms with E-state index in [9.17, 15) is 9.59 Å². The highest BCUT2D eigenvalue weighted by molar-refractivity contribution is 5.85. The summed E-state index contributed by atoms with van der Waals surface area (Å²) in [5.74, 6) is -0.244. The van der Waals surface area contributed by atoms with Crippen molar-refractivity contribution >= 4 is 11.9 Å². The zero-order valence-corrected chi connectivity index (χ0v) is 15.3. The van der Waals surface area contributed by atoms with Gasteiger partial charge in [-0.1, -0.05) is 12.2 Å². The predicted molar refractivity (Wildman–Crippen MR) is 91.4 cm³/mol. The van der Waals surface area contributed by atoms with Crippen molar-refractivity contribution in [2.45, 2.75) is 57.5 Å². The number of rotatable bonds is 2. The van der Waals surface area contributed by atoms with Gasteiger partial charge in [0, 0.05) is 11.8 Å². The highest BCUT2D eigenvalue weighted by Crippen LogP contribution is 2.78. The minimum atomic E-state index is -0.611. The summed E-state index contributed by atoms with van der Waals surface area (Å²) >= 11 is 0. The molecule has 1 saturated heterocycles. The number of fused-ring (bicyclic) bond motifs is 1. The standard InChI is InChI=1S/C21H25NO4/c1-12-10-20-11-13(12)4-5-14(20)21-7-3-6-19(2,18(24)26-21)16(21)15(20)17(23)25-9-8-22/h13-16H,1,3-7,9-11H2,2H3/t13-,14-,15-,16-,19-,20+,21-/m1/s1. The van der Waals surface area contributed by atoms with Crippen LogP contribution in [0, 0.1) is 45.8 Å². The van der Waals surface area contributed by atoms with Gasteiger partial charge in [-0.3, -0.25) is 9.59 Å². The lowest BCUT2D eigenvalue weighted by Gasteiger charge is -2.43. The summed E-state index contributed by atoms with van der Waals surface area (Å²) in [5, 5.41) is 8.88. The third-order valence-corrected chi connectivity index (χ3v) is 8.56. The number of allylic oxidation sites excluding steroid dienone is 1. The van der Waals surface area contributed by atoms with Crippen molar-refractivity contribution in [3.05, 3.63) is 12.2 Å². The zero-order chi connectivity index (χ0) is 18.3. The molecule has 0 aromatic carbocycles. The van der Waals surface area contributed by atoms with Gasteiger partial charge in [0.1, 0.15) is 11.7 Å². The summed E-state index contributed by atoms with van der Waals surface area (Å²) in [7, 11) is 0. The molecule has 5 nitrogen and oxygen atoms in total. The van der Waals surface area contributed by atoms with Gasteiger partial charge >= 0.3 is 11.9 Å². The van der Waals surface area contributed by atoms with Gasteiger partial charge in [-0.2, -0.15) is 5.26 Å². The van der Waals surface area contributed by atoms with Crippen molar-refractivity contribution in [1.82, 2.24) is 0 Å². The molecule has 0 radical (unpaired) electrons. The topological polar surface area (TPSA) is 76.4 Å². The maximum Gasteiger partial charge on any atom is 0.312 e. The number of ether oxygens (including phenoxy) is 2. The van der Waals surface area contributed by atoms with Crippen molar-refractivity contribution < 1.29 is 19.1 Å². The van der Waals surface area contributed by atoms with Crippen LogP contribution in [0.2, 0.25) is 0 Å². The quantitative estimate of drug-likeness (QED) is 0.562. The molecule has 0 N–H and O–H groups in total. The van der Waals surface area contributed by atoms with Crippen molar-refractivity contribution in [3.8, 4) is 6.07 Å². The van der Waals surface area contributed by atoms with Crippen LogP contribution in [0.15, 0.2) is 12.2 Å². The van der Waals surface area contributed by atoms with Crippen LogP contribution in [0.5, 0.6) is 0 Å². The summed E-state index contributed by atoms with van der Waals surface area (Å²) in [5.41, 5.74) is -0.0902. The number of nitriles is 1. The smallest absolute Gasteiger partial charge is 0.312 e. The van der Waals surface area contributed by atoms with E-state index in [2.05, 4.69) is 6.58 Å². The Hall–Kier alpha value is -1.83. The second kappa shape index (κ2) is 4.91. The van der Waals surface area contributed by atoms with E-state index in [-0.39, 0.29) is 41.7 Å². The molecule has 26 heavy (non-hydrogen) atoms. The van der Waals surface area contributed by atoms with Crippen LogP contribution in [0.1, 0.15) is 51.9 Å². The van der Waals surface area contributed by atoms with Gasteiger partial charge in [0.2, 0.25) is 0 Å². The van der Waals surface area contributed by atoms with Crippen LogP contribution < -0.4 is 0 Å². The molecule has 4 aliphatic carbocycles. The largest absolute Gasteiger partial charge is 0.458 e. The van der Waals surface area contributed by atoms with E-state index in [1.54, 1.807) is 0 Å².